The van der Waals surface area contributed by atoms with Gasteiger partial charge < -0.3 is 5.84 Å². The van der Waals surface area contributed by atoms with Crippen LogP contribution in [0.25, 0.3) is 11.1 Å². The highest BCUT2D eigenvalue weighted by molar-refractivity contribution is 6.04. The van der Waals surface area contributed by atoms with E-state index in [1.165, 1.54) is 5.56 Å². The molecule has 0 radical (unpaired) electrons. The Labute approximate surface area is 106 Å². The number of amidine groups is 1. The molecule has 0 amide bonds. The molecule has 2 aromatic carbocycles. The van der Waals surface area contributed by atoms with Gasteiger partial charge in [0.15, 0.2) is 5.84 Å². The molecule has 0 aliphatic carbocycles. The first-order valence-electron chi connectivity index (χ1n) is 5.58. The molecule has 0 saturated carbocycles. The Morgan fingerprint density at radius 1 is 1.06 bits per heavy atom. The van der Waals surface area contributed by atoms with E-state index in [1.54, 1.807) is 0 Å². The largest absolute Gasteiger partial charge is 0.321 e. The number of nitrogens with two attached hydrogens (primary N) is 1. The van der Waals surface area contributed by atoms with Crippen LogP contribution in [-0.4, -0.2) is 5.84 Å². The van der Waals surface area contributed by atoms with Crippen LogP contribution in [0.4, 0.5) is 0 Å². The lowest BCUT2D eigenvalue weighted by atomic mass is 9.98. The molecule has 0 saturated heterocycles. The van der Waals surface area contributed by atoms with Crippen molar-refractivity contribution < 1.29 is 0 Å². The Morgan fingerprint density at radius 3 is 2.33 bits per heavy atom. The van der Waals surface area contributed by atoms with Crippen LogP contribution in [-0.2, 0) is 0 Å². The summed E-state index contributed by atoms with van der Waals surface area (Å²) in [6.07, 6.45) is 0. The summed E-state index contributed by atoms with van der Waals surface area (Å²) in [4.78, 5) is 0. The summed E-state index contributed by atoms with van der Waals surface area (Å²) in [6, 6.07) is 15.8. The molecule has 0 aliphatic heterocycles. The molecule has 0 aromatic heterocycles. The van der Waals surface area contributed by atoms with Gasteiger partial charge in [0.2, 0.25) is 0 Å². The molecule has 0 aliphatic rings. The number of hydrogen-bond donors (Lipinski definition) is 2. The number of aryl methyl sites for hydroxylation is 1. The fourth-order valence-electron chi connectivity index (χ4n) is 1.82. The Morgan fingerprint density at radius 2 is 1.72 bits per heavy atom. The van der Waals surface area contributed by atoms with Gasteiger partial charge in [-0.3, -0.25) is 0 Å². The molecule has 90 valence electrons. The number of nitrogens with zero attached hydrogens (tertiary/aromatic N) is 2. The van der Waals surface area contributed by atoms with Crippen molar-refractivity contribution in [3.05, 3.63) is 59.7 Å². The minimum absolute atomic E-state index is 0.228. The van der Waals surface area contributed by atoms with Crippen LogP contribution in [0.3, 0.4) is 0 Å². The molecule has 0 unspecified atom stereocenters. The van der Waals surface area contributed by atoms with Crippen LogP contribution in [0, 0.1) is 12.5 Å². The first-order chi connectivity index (χ1) is 8.76. The molecule has 0 fully saturated rings. The van der Waals surface area contributed by atoms with Crippen LogP contribution < -0.4 is 5.84 Å². The number of hydrazone groups is 1. The second-order valence-corrected chi connectivity index (χ2v) is 3.98. The summed E-state index contributed by atoms with van der Waals surface area (Å²) in [5.74, 6) is 5.49. The standard InChI is InChI=1S/C14H14N4/c1-10-6-8-11(9-7-10)12-4-2-3-5-13(12)14(17-15)18-16/h2-9,15H,16H2,1H3/b17-15?,18-14-. The lowest BCUT2D eigenvalue weighted by Gasteiger charge is -2.08. The first-order valence-corrected chi connectivity index (χ1v) is 5.58. The van der Waals surface area contributed by atoms with E-state index in [0.717, 1.165) is 16.7 Å². The first kappa shape index (κ1) is 12.0. The smallest absolute Gasteiger partial charge is 0.200 e. The predicted octanol–water partition coefficient (Wildman–Crippen LogP) is 3.31. The van der Waals surface area contributed by atoms with Gasteiger partial charge in [0.1, 0.15) is 0 Å². The molecular formula is C14H14N4. The zero-order valence-electron chi connectivity index (χ0n) is 10.1. The Hall–Kier alpha value is -2.49. The van der Waals surface area contributed by atoms with Gasteiger partial charge in [0.05, 0.1) is 0 Å². The van der Waals surface area contributed by atoms with Gasteiger partial charge in [0, 0.05) is 5.56 Å². The van der Waals surface area contributed by atoms with Gasteiger partial charge in [-0.25, -0.2) is 5.53 Å². The van der Waals surface area contributed by atoms with Crippen LogP contribution in [0.5, 0.6) is 0 Å². The Balaban J connectivity index is 2.58. The molecule has 18 heavy (non-hydrogen) atoms. The molecule has 4 heteroatoms. The minimum Gasteiger partial charge on any atom is -0.321 e. The lowest BCUT2D eigenvalue weighted by Crippen LogP contribution is -2.02. The van der Waals surface area contributed by atoms with Gasteiger partial charge in [-0.15, -0.1) is 5.11 Å². The second kappa shape index (κ2) is 5.23. The highest BCUT2D eigenvalue weighted by Crippen LogP contribution is 2.24. The number of rotatable bonds is 2. The Bertz CT molecular complexity index is 585. The van der Waals surface area contributed by atoms with Gasteiger partial charge in [0.25, 0.3) is 0 Å². The molecule has 0 atom stereocenters. The van der Waals surface area contributed by atoms with Crippen molar-refractivity contribution in [1.82, 2.24) is 0 Å². The highest BCUT2D eigenvalue weighted by atomic mass is 15.2. The van der Waals surface area contributed by atoms with Crippen molar-refractivity contribution in [2.75, 3.05) is 0 Å². The molecule has 0 heterocycles. The van der Waals surface area contributed by atoms with Crippen LogP contribution in [0.1, 0.15) is 11.1 Å². The van der Waals surface area contributed by atoms with Crippen LogP contribution in [0.15, 0.2) is 58.7 Å². The summed E-state index contributed by atoms with van der Waals surface area (Å²) >= 11 is 0. The number of benzene rings is 2. The van der Waals surface area contributed by atoms with E-state index in [-0.39, 0.29) is 5.84 Å². The average Bonchev–Trinajstić information content (AvgIpc) is 2.42. The number of nitrogens with one attached hydrogen (secondary N) is 1. The summed E-state index contributed by atoms with van der Waals surface area (Å²) in [5.41, 5.74) is 11.1. The maximum Gasteiger partial charge on any atom is 0.200 e. The van der Waals surface area contributed by atoms with Crippen molar-refractivity contribution in [2.45, 2.75) is 6.92 Å². The fourth-order valence-corrected chi connectivity index (χ4v) is 1.82. The lowest BCUT2D eigenvalue weighted by molar-refractivity contribution is 1.13. The molecule has 0 spiro atoms. The molecule has 0 bridgehead atoms. The van der Waals surface area contributed by atoms with E-state index in [4.69, 9.17) is 11.4 Å². The SMILES string of the molecule is Cc1ccc(-c2ccccc2/C(N=N)=N/N)cc1. The zero-order valence-corrected chi connectivity index (χ0v) is 10.1. The average molecular weight is 238 g/mol. The third-order valence-corrected chi connectivity index (χ3v) is 2.76. The van der Waals surface area contributed by atoms with Gasteiger partial charge >= 0.3 is 0 Å². The van der Waals surface area contributed by atoms with E-state index in [9.17, 15) is 0 Å². The van der Waals surface area contributed by atoms with Crippen molar-refractivity contribution >= 4 is 5.84 Å². The maximum atomic E-state index is 7.10. The third kappa shape index (κ3) is 2.27. The summed E-state index contributed by atoms with van der Waals surface area (Å²) in [6.45, 7) is 2.04. The second-order valence-electron chi connectivity index (χ2n) is 3.98. The third-order valence-electron chi connectivity index (χ3n) is 2.76. The number of hydrogen-bond acceptors (Lipinski definition) is 3. The summed E-state index contributed by atoms with van der Waals surface area (Å²) in [7, 11) is 0. The van der Waals surface area contributed by atoms with Gasteiger partial charge in [-0.2, -0.15) is 5.10 Å². The van der Waals surface area contributed by atoms with Crippen molar-refractivity contribution in [3.63, 3.8) is 0 Å². The monoisotopic (exact) mass is 238 g/mol. The zero-order chi connectivity index (χ0) is 13.0. The Kier molecular flexibility index (Phi) is 3.48. The quantitative estimate of drug-likeness (QED) is 0.272. The van der Waals surface area contributed by atoms with E-state index < -0.39 is 0 Å². The maximum absolute atomic E-state index is 7.10. The van der Waals surface area contributed by atoms with E-state index in [0.29, 0.717) is 0 Å². The van der Waals surface area contributed by atoms with Gasteiger partial charge in [-0.1, -0.05) is 54.1 Å². The molecule has 2 rings (SSSR count). The van der Waals surface area contributed by atoms with E-state index in [1.807, 2.05) is 55.5 Å². The molecule has 3 N–H and O–H groups in total. The summed E-state index contributed by atoms with van der Waals surface area (Å²) < 4.78 is 0. The highest BCUT2D eigenvalue weighted by Gasteiger charge is 2.09. The topological polar surface area (TPSA) is 74.6 Å². The molecule has 2 aromatic rings. The minimum atomic E-state index is 0.228. The van der Waals surface area contributed by atoms with Crippen molar-refractivity contribution in [2.24, 2.45) is 16.1 Å². The van der Waals surface area contributed by atoms with Crippen LogP contribution >= 0.6 is 0 Å². The van der Waals surface area contributed by atoms with E-state index in [2.05, 4.69) is 10.2 Å². The fraction of sp³-hybridized carbons (Fsp3) is 0.0714. The molecule has 4 nitrogen and oxygen atoms in total. The molecular weight excluding hydrogens is 224 g/mol. The van der Waals surface area contributed by atoms with Crippen molar-refractivity contribution in [3.8, 4) is 11.1 Å². The van der Waals surface area contributed by atoms with E-state index >= 15 is 0 Å². The van der Waals surface area contributed by atoms with Crippen molar-refractivity contribution in [1.29, 1.82) is 5.53 Å². The predicted molar refractivity (Wildman–Crippen MR) is 72.5 cm³/mol. The van der Waals surface area contributed by atoms with Gasteiger partial charge in [-0.05, 0) is 18.1 Å². The summed E-state index contributed by atoms with van der Waals surface area (Å²) in [5, 5.41) is 6.90. The van der Waals surface area contributed by atoms with Crippen LogP contribution in [0.2, 0.25) is 0 Å². The normalized spacial score (nSPS) is 11.3.